The summed E-state index contributed by atoms with van der Waals surface area (Å²) in [6.07, 6.45) is 3.87. The van der Waals surface area contributed by atoms with E-state index in [0.29, 0.717) is 0 Å². The largest absolute Gasteiger partial charge is 0.490 e. The molecule has 0 bridgehead atoms. The Kier molecular flexibility index (Phi) is 7.14. The van der Waals surface area contributed by atoms with Crippen molar-refractivity contribution in [3.8, 4) is 5.75 Å². The van der Waals surface area contributed by atoms with Gasteiger partial charge < -0.3 is 15.4 Å². The first-order valence-corrected chi connectivity index (χ1v) is 6.40. The van der Waals surface area contributed by atoms with Crippen LogP contribution in [0.2, 0.25) is 0 Å². The number of ether oxygens (including phenoxy) is 1. The molecule has 0 aromatic carbocycles. The van der Waals surface area contributed by atoms with Crippen molar-refractivity contribution in [2.45, 2.75) is 26.7 Å². The Balaban J connectivity index is 2.35. The van der Waals surface area contributed by atoms with Crippen molar-refractivity contribution in [3.63, 3.8) is 0 Å². The number of rotatable bonds is 9. The Bertz CT molecular complexity index is 304. The van der Waals surface area contributed by atoms with Crippen molar-refractivity contribution in [3.05, 3.63) is 18.3 Å². The highest BCUT2D eigenvalue weighted by molar-refractivity contribution is 5.49. The average molecular weight is 237 g/mol. The molecule has 0 fully saturated rings. The van der Waals surface area contributed by atoms with Gasteiger partial charge in [-0.1, -0.05) is 13.8 Å². The first kappa shape index (κ1) is 13.8. The molecule has 4 nitrogen and oxygen atoms in total. The number of hydrogen-bond donors (Lipinski definition) is 2. The molecule has 1 aromatic rings. The van der Waals surface area contributed by atoms with Crippen LogP contribution in [-0.2, 0) is 0 Å². The molecule has 2 N–H and O–H groups in total. The second-order valence-corrected chi connectivity index (χ2v) is 3.83. The number of aromatic nitrogens is 1. The third kappa shape index (κ3) is 5.54. The minimum absolute atomic E-state index is 0.734. The van der Waals surface area contributed by atoms with Crippen LogP contribution >= 0.6 is 0 Å². The van der Waals surface area contributed by atoms with Gasteiger partial charge in [-0.2, -0.15) is 0 Å². The van der Waals surface area contributed by atoms with Gasteiger partial charge in [-0.05, 0) is 38.1 Å². The van der Waals surface area contributed by atoms with Crippen LogP contribution in [0.15, 0.2) is 18.3 Å². The molecule has 0 saturated heterocycles. The number of nitrogens with zero attached hydrogens (tertiary/aromatic N) is 1. The van der Waals surface area contributed by atoms with Crippen molar-refractivity contribution < 1.29 is 4.74 Å². The highest BCUT2D eigenvalue weighted by Gasteiger charge is 2.02. The lowest BCUT2D eigenvalue weighted by Gasteiger charge is -2.11. The third-order valence-corrected chi connectivity index (χ3v) is 2.31. The number of hydrogen-bond acceptors (Lipinski definition) is 4. The van der Waals surface area contributed by atoms with Gasteiger partial charge in [0.15, 0.2) is 11.6 Å². The summed E-state index contributed by atoms with van der Waals surface area (Å²) in [4.78, 5) is 4.29. The summed E-state index contributed by atoms with van der Waals surface area (Å²) in [6.45, 7) is 7.91. The van der Waals surface area contributed by atoms with E-state index >= 15 is 0 Å². The quantitative estimate of drug-likeness (QED) is 0.647. The van der Waals surface area contributed by atoms with E-state index in [-0.39, 0.29) is 0 Å². The smallest absolute Gasteiger partial charge is 0.168 e. The van der Waals surface area contributed by atoms with Gasteiger partial charge in [0.1, 0.15) is 0 Å². The molecule has 96 valence electrons. The minimum atomic E-state index is 0.734. The molecule has 0 radical (unpaired) electrons. The van der Waals surface area contributed by atoms with Crippen LogP contribution in [0.4, 0.5) is 5.82 Å². The fourth-order valence-corrected chi connectivity index (χ4v) is 1.45. The van der Waals surface area contributed by atoms with Gasteiger partial charge in [-0.15, -0.1) is 0 Å². The van der Waals surface area contributed by atoms with Gasteiger partial charge in [0, 0.05) is 12.7 Å². The lowest BCUT2D eigenvalue weighted by atomic mass is 10.3. The van der Waals surface area contributed by atoms with Crippen molar-refractivity contribution >= 4 is 5.82 Å². The Hall–Kier alpha value is -1.29. The normalized spacial score (nSPS) is 10.2. The predicted octanol–water partition coefficient (Wildman–Crippen LogP) is 2.28. The maximum absolute atomic E-state index is 5.62. The molecular formula is C13H23N3O. The Labute approximate surface area is 104 Å². The summed E-state index contributed by atoms with van der Waals surface area (Å²) in [5, 5.41) is 6.60. The fourth-order valence-electron chi connectivity index (χ4n) is 1.45. The molecule has 0 aliphatic heterocycles. The van der Waals surface area contributed by atoms with Crippen LogP contribution in [0, 0.1) is 0 Å². The van der Waals surface area contributed by atoms with Crippen LogP contribution in [0.1, 0.15) is 26.7 Å². The van der Waals surface area contributed by atoms with E-state index < -0.39 is 0 Å². The van der Waals surface area contributed by atoms with Crippen LogP contribution in [0.5, 0.6) is 5.75 Å². The van der Waals surface area contributed by atoms with Crippen molar-refractivity contribution in [1.82, 2.24) is 10.3 Å². The molecule has 1 rings (SSSR count). The molecule has 0 atom stereocenters. The molecule has 0 aliphatic carbocycles. The molecule has 17 heavy (non-hydrogen) atoms. The summed E-state index contributed by atoms with van der Waals surface area (Å²) < 4.78 is 5.62. The monoisotopic (exact) mass is 237 g/mol. The molecular weight excluding hydrogens is 214 g/mol. The third-order valence-electron chi connectivity index (χ3n) is 2.31. The molecule has 0 aliphatic rings. The summed E-state index contributed by atoms with van der Waals surface area (Å²) in [7, 11) is 0. The number of pyridine rings is 1. The highest BCUT2D eigenvalue weighted by atomic mass is 16.5. The topological polar surface area (TPSA) is 46.2 Å². The molecule has 0 saturated carbocycles. The zero-order chi connectivity index (χ0) is 12.3. The molecule has 1 heterocycles. The second kappa shape index (κ2) is 8.82. The SMILES string of the molecule is CCCOc1cccnc1NCCCNCC. The number of anilines is 1. The summed E-state index contributed by atoms with van der Waals surface area (Å²) in [5.41, 5.74) is 0. The molecule has 1 aromatic heterocycles. The van der Waals surface area contributed by atoms with Crippen LogP contribution < -0.4 is 15.4 Å². The second-order valence-electron chi connectivity index (χ2n) is 3.83. The van der Waals surface area contributed by atoms with E-state index in [9.17, 15) is 0 Å². The first-order chi connectivity index (χ1) is 8.38. The molecule has 0 amide bonds. The van der Waals surface area contributed by atoms with Crippen molar-refractivity contribution in [1.29, 1.82) is 0 Å². The lowest BCUT2D eigenvalue weighted by Crippen LogP contribution is -2.17. The average Bonchev–Trinajstić information content (AvgIpc) is 2.37. The summed E-state index contributed by atoms with van der Waals surface area (Å²) in [5.74, 6) is 1.69. The molecule has 0 unspecified atom stereocenters. The van der Waals surface area contributed by atoms with Gasteiger partial charge in [0.05, 0.1) is 6.61 Å². The Morgan fingerprint density at radius 3 is 2.94 bits per heavy atom. The zero-order valence-corrected chi connectivity index (χ0v) is 10.8. The maximum Gasteiger partial charge on any atom is 0.168 e. The van der Waals surface area contributed by atoms with Crippen molar-refractivity contribution in [2.24, 2.45) is 0 Å². The van der Waals surface area contributed by atoms with E-state index in [1.807, 2.05) is 12.1 Å². The Morgan fingerprint density at radius 1 is 1.29 bits per heavy atom. The Morgan fingerprint density at radius 2 is 2.18 bits per heavy atom. The van der Waals surface area contributed by atoms with E-state index in [0.717, 1.165) is 50.7 Å². The summed E-state index contributed by atoms with van der Waals surface area (Å²) >= 11 is 0. The maximum atomic E-state index is 5.62. The van der Waals surface area contributed by atoms with Gasteiger partial charge in [-0.3, -0.25) is 0 Å². The fraction of sp³-hybridized carbons (Fsp3) is 0.615. The van der Waals surface area contributed by atoms with Crippen molar-refractivity contribution in [2.75, 3.05) is 31.6 Å². The van der Waals surface area contributed by atoms with Gasteiger partial charge in [0.25, 0.3) is 0 Å². The van der Waals surface area contributed by atoms with Gasteiger partial charge in [0.2, 0.25) is 0 Å². The zero-order valence-electron chi connectivity index (χ0n) is 10.8. The van der Waals surface area contributed by atoms with Gasteiger partial charge >= 0.3 is 0 Å². The van der Waals surface area contributed by atoms with E-state index in [1.54, 1.807) is 6.20 Å². The van der Waals surface area contributed by atoms with Crippen LogP contribution in [0.25, 0.3) is 0 Å². The van der Waals surface area contributed by atoms with Crippen LogP contribution in [0.3, 0.4) is 0 Å². The van der Waals surface area contributed by atoms with E-state index in [1.165, 1.54) is 0 Å². The molecule has 4 heteroatoms. The van der Waals surface area contributed by atoms with Crippen LogP contribution in [-0.4, -0.2) is 31.2 Å². The lowest BCUT2D eigenvalue weighted by molar-refractivity contribution is 0.318. The minimum Gasteiger partial charge on any atom is -0.490 e. The summed E-state index contributed by atoms with van der Waals surface area (Å²) in [6, 6.07) is 3.85. The standard InChI is InChI=1S/C13H23N3O/c1-3-11-17-12-7-5-9-15-13(12)16-10-6-8-14-4-2/h5,7,9,14H,3-4,6,8,10-11H2,1-2H3,(H,15,16). The van der Waals surface area contributed by atoms with Gasteiger partial charge in [-0.25, -0.2) is 4.98 Å². The van der Waals surface area contributed by atoms with E-state index in [2.05, 4.69) is 29.5 Å². The number of nitrogens with one attached hydrogen (secondary N) is 2. The first-order valence-electron chi connectivity index (χ1n) is 6.40. The molecule has 0 spiro atoms. The van der Waals surface area contributed by atoms with E-state index in [4.69, 9.17) is 4.74 Å². The highest BCUT2D eigenvalue weighted by Crippen LogP contribution is 2.20. The predicted molar refractivity (Wildman–Crippen MR) is 71.7 cm³/mol.